The molecule has 0 aromatic heterocycles. The van der Waals surface area contributed by atoms with Crippen LogP contribution in [-0.2, 0) is 16.9 Å². The topological polar surface area (TPSA) is 29.5 Å². The molecule has 2 bridgehead atoms. The fraction of sp³-hybridized carbons (Fsp3) is 0.647. The summed E-state index contributed by atoms with van der Waals surface area (Å²) in [6.45, 7) is 4.69. The van der Waals surface area contributed by atoms with E-state index in [0.717, 1.165) is 24.8 Å². The second kappa shape index (κ2) is 3.42. The molecular weight excluding hydrogens is 236 g/mol. The van der Waals surface area contributed by atoms with Crippen molar-refractivity contribution in [2.24, 2.45) is 11.3 Å². The Kier molecular flexibility index (Phi) is 2.15. The van der Waals surface area contributed by atoms with Gasteiger partial charge >= 0.3 is 0 Å². The maximum absolute atomic E-state index is 11.0. The Morgan fingerprint density at radius 3 is 2.84 bits per heavy atom. The van der Waals surface area contributed by atoms with Crippen LogP contribution >= 0.6 is 0 Å². The van der Waals surface area contributed by atoms with Gasteiger partial charge in [0.05, 0.1) is 5.60 Å². The van der Waals surface area contributed by atoms with Crippen molar-refractivity contribution in [2.45, 2.75) is 57.3 Å². The molecule has 1 spiro atoms. The van der Waals surface area contributed by atoms with Crippen LogP contribution in [-0.4, -0.2) is 10.7 Å². The van der Waals surface area contributed by atoms with Crippen molar-refractivity contribution in [3.63, 3.8) is 0 Å². The summed E-state index contributed by atoms with van der Waals surface area (Å²) in [5.41, 5.74) is 2.44. The zero-order valence-corrected chi connectivity index (χ0v) is 11.8. The van der Waals surface area contributed by atoms with Crippen LogP contribution in [0, 0.1) is 11.3 Å². The highest BCUT2D eigenvalue weighted by atomic mass is 16.6. The smallest absolute Gasteiger partial charge is 0.193 e. The summed E-state index contributed by atoms with van der Waals surface area (Å²) < 4.78 is 6.29. The number of fused-ring (bicyclic) bond motifs is 3. The predicted molar refractivity (Wildman–Crippen MR) is 73.6 cm³/mol. The van der Waals surface area contributed by atoms with E-state index in [4.69, 9.17) is 4.74 Å². The standard InChI is InChI=1S/C17H22O2/c1-15(2)8-5-9-16-10-12-6-3-4-7-13(12)17(18,19-16)11-14(15)16/h3-4,6-7,14,18H,5,8-11H2,1-2H3/t14-,16-,17-/m0/s1. The molecule has 2 fully saturated rings. The van der Waals surface area contributed by atoms with Crippen molar-refractivity contribution in [1.29, 1.82) is 0 Å². The van der Waals surface area contributed by atoms with Gasteiger partial charge in [-0.15, -0.1) is 0 Å². The van der Waals surface area contributed by atoms with Crippen LogP contribution in [0.15, 0.2) is 24.3 Å². The summed E-state index contributed by atoms with van der Waals surface area (Å²) in [4.78, 5) is 0. The van der Waals surface area contributed by atoms with Gasteiger partial charge in [0.2, 0.25) is 0 Å². The third-order valence-corrected chi connectivity index (χ3v) is 5.78. The quantitative estimate of drug-likeness (QED) is 0.773. The lowest BCUT2D eigenvalue weighted by Crippen LogP contribution is -2.49. The maximum atomic E-state index is 11.0. The maximum Gasteiger partial charge on any atom is 0.193 e. The number of aliphatic hydroxyl groups is 1. The summed E-state index contributed by atoms with van der Waals surface area (Å²) in [5, 5.41) is 11.0. The summed E-state index contributed by atoms with van der Waals surface area (Å²) in [6, 6.07) is 8.28. The first kappa shape index (κ1) is 11.9. The zero-order chi connectivity index (χ0) is 13.3. The van der Waals surface area contributed by atoms with E-state index >= 15 is 0 Å². The summed E-state index contributed by atoms with van der Waals surface area (Å²) in [5.74, 6) is -0.577. The summed E-state index contributed by atoms with van der Waals surface area (Å²) >= 11 is 0. The molecule has 1 aromatic rings. The van der Waals surface area contributed by atoms with Gasteiger partial charge in [-0.3, -0.25) is 0 Å². The van der Waals surface area contributed by atoms with Crippen LogP contribution in [0.3, 0.4) is 0 Å². The minimum Gasteiger partial charge on any atom is -0.362 e. The molecule has 3 aliphatic rings. The van der Waals surface area contributed by atoms with Crippen LogP contribution in [0.25, 0.3) is 0 Å². The second-order valence-electron chi connectivity index (χ2n) is 7.38. The number of rotatable bonds is 0. The fourth-order valence-electron chi connectivity index (χ4n) is 4.93. The predicted octanol–water partition coefficient (Wildman–Crippen LogP) is 3.37. The van der Waals surface area contributed by atoms with Crippen LogP contribution in [0.1, 0.15) is 50.7 Å². The first-order valence-electron chi connectivity index (χ1n) is 7.46. The molecule has 1 saturated heterocycles. The second-order valence-corrected chi connectivity index (χ2v) is 7.38. The van der Waals surface area contributed by atoms with E-state index in [9.17, 15) is 5.11 Å². The van der Waals surface area contributed by atoms with Crippen molar-refractivity contribution in [3.8, 4) is 0 Å². The minimum atomic E-state index is -1.04. The van der Waals surface area contributed by atoms with Crippen molar-refractivity contribution in [2.75, 3.05) is 0 Å². The Bertz CT molecular complexity index is 536. The number of ether oxygens (including phenoxy) is 1. The van der Waals surface area contributed by atoms with Gasteiger partial charge < -0.3 is 9.84 Å². The normalized spacial score (nSPS) is 42.6. The van der Waals surface area contributed by atoms with Crippen LogP contribution in [0.5, 0.6) is 0 Å². The van der Waals surface area contributed by atoms with E-state index in [0.29, 0.717) is 5.92 Å². The van der Waals surface area contributed by atoms with Gasteiger partial charge in [0.1, 0.15) is 0 Å². The van der Waals surface area contributed by atoms with E-state index in [2.05, 4.69) is 26.0 Å². The molecule has 1 aliphatic carbocycles. The molecule has 19 heavy (non-hydrogen) atoms. The molecule has 4 rings (SSSR count). The minimum absolute atomic E-state index is 0.120. The van der Waals surface area contributed by atoms with Gasteiger partial charge in [0.15, 0.2) is 5.79 Å². The Morgan fingerprint density at radius 1 is 1.21 bits per heavy atom. The summed E-state index contributed by atoms with van der Waals surface area (Å²) in [7, 11) is 0. The average Bonchev–Trinajstić information content (AvgIpc) is 2.60. The number of benzene rings is 1. The first-order chi connectivity index (χ1) is 8.95. The summed E-state index contributed by atoms with van der Waals surface area (Å²) in [6.07, 6.45) is 5.28. The highest BCUT2D eigenvalue weighted by Crippen LogP contribution is 2.62. The van der Waals surface area contributed by atoms with Gasteiger partial charge in [0.25, 0.3) is 0 Å². The molecule has 1 saturated carbocycles. The highest BCUT2D eigenvalue weighted by Gasteiger charge is 2.64. The van der Waals surface area contributed by atoms with Gasteiger partial charge in [-0.1, -0.05) is 44.5 Å². The third-order valence-electron chi connectivity index (χ3n) is 5.78. The van der Waals surface area contributed by atoms with Gasteiger partial charge in [-0.2, -0.15) is 0 Å². The van der Waals surface area contributed by atoms with Crippen molar-refractivity contribution >= 4 is 0 Å². The van der Waals surface area contributed by atoms with Crippen LogP contribution in [0.2, 0.25) is 0 Å². The number of hydrogen-bond acceptors (Lipinski definition) is 2. The van der Waals surface area contributed by atoms with Crippen molar-refractivity contribution in [3.05, 3.63) is 35.4 Å². The molecule has 2 aliphatic heterocycles. The van der Waals surface area contributed by atoms with Gasteiger partial charge in [0, 0.05) is 18.4 Å². The van der Waals surface area contributed by atoms with E-state index in [1.807, 2.05) is 12.1 Å². The molecular formula is C17H22O2. The average molecular weight is 258 g/mol. The molecule has 1 N–H and O–H groups in total. The molecule has 3 atom stereocenters. The van der Waals surface area contributed by atoms with Gasteiger partial charge in [-0.25, -0.2) is 0 Å². The largest absolute Gasteiger partial charge is 0.362 e. The van der Waals surface area contributed by atoms with Crippen molar-refractivity contribution in [1.82, 2.24) is 0 Å². The molecule has 1 aromatic carbocycles. The molecule has 102 valence electrons. The molecule has 0 unspecified atom stereocenters. The lowest BCUT2D eigenvalue weighted by atomic mass is 9.60. The van der Waals surface area contributed by atoms with Crippen LogP contribution < -0.4 is 0 Å². The monoisotopic (exact) mass is 258 g/mol. The third kappa shape index (κ3) is 1.45. The Morgan fingerprint density at radius 2 is 2.00 bits per heavy atom. The van der Waals surface area contributed by atoms with E-state index in [-0.39, 0.29) is 11.0 Å². The molecule has 2 nitrogen and oxygen atoms in total. The molecule has 0 radical (unpaired) electrons. The van der Waals surface area contributed by atoms with Crippen LogP contribution in [0.4, 0.5) is 0 Å². The van der Waals surface area contributed by atoms with E-state index in [1.165, 1.54) is 18.4 Å². The van der Waals surface area contributed by atoms with Gasteiger partial charge in [-0.05, 0) is 29.7 Å². The SMILES string of the molecule is CC1(C)CCC[C@]23Cc4ccccc4[C@](O)(C[C@@H]12)O3. The zero-order valence-electron chi connectivity index (χ0n) is 11.8. The Balaban J connectivity index is 1.88. The number of hydrogen-bond donors (Lipinski definition) is 1. The fourth-order valence-corrected chi connectivity index (χ4v) is 4.93. The molecule has 2 heteroatoms. The molecule has 2 heterocycles. The highest BCUT2D eigenvalue weighted by molar-refractivity contribution is 5.38. The van der Waals surface area contributed by atoms with E-state index < -0.39 is 5.79 Å². The lowest BCUT2D eigenvalue weighted by Gasteiger charge is -2.48. The first-order valence-corrected chi connectivity index (χ1v) is 7.46. The lowest BCUT2D eigenvalue weighted by molar-refractivity contribution is -0.249. The van der Waals surface area contributed by atoms with Crippen molar-refractivity contribution < 1.29 is 9.84 Å². The Hall–Kier alpha value is -0.860. The molecule has 0 amide bonds. The van der Waals surface area contributed by atoms with E-state index in [1.54, 1.807) is 0 Å². The Labute approximate surface area is 114 Å².